The molecule has 50 valence electrons. The summed E-state index contributed by atoms with van der Waals surface area (Å²) in [6.45, 7) is 1.83. The van der Waals surface area contributed by atoms with E-state index in [1.807, 2.05) is 6.92 Å². The zero-order valence-corrected chi connectivity index (χ0v) is 7.51. The summed E-state index contributed by atoms with van der Waals surface area (Å²) in [6, 6.07) is 1.75. The first-order valence-electron chi connectivity index (χ1n) is 2.34. The van der Waals surface area contributed by atoms with Gasteiger partial charge in [0.15, 0.2) is 12.0 Å². The maximum atomic E-state index is 9.99. The Balaban J connectivity index is 0. The van der Waals surface area contributed by atoms with Gasteiger partial charge in [0.05, 0.1) is 6.26 Å². The Morgan fingerprint density at radius 3 is 2.40 bits per heavy atom. The van der Waals surface area contributed by atoms with Gasteiger partial charge in [0.2, 0.25) is 0 Å². The van der Waals surface area contributed by atoms with Gasteiger partial charge in [-0.15, -0.1) is 0 Å². The van der Waals surface area contributed by atoms with Gasteiger partial charge < -0.3 is 21.4 Å². The topological polar surface area (TPSA) is 30.2 Å². The van der Waals surface area contributed by atoms with E-state index in [2.05, 4.69) is 0 Å². The van der Waals surface area contributed by atoms with Gasteiger partial charge in [0, 0.05) is 0 Å². The summed E-state index contributed by atoms with van der Waals surface area (Å²) in [5.74, 6) is 0.421. The quantitative estimate of drug-likeness (QED) is 0.335. The number of rotatable bonds is 1. The molecule has 0 aliphatic carbocycles. The summed E-state index contributed by atoms with van der Waals surface area (Å²) >= 11 is 0. The number of hydrogen-bond acceptors (Lipinski definition) is 2. The molecule has 0 aliphatic heterocycles. The smallest absolute Gasteiger partial charge is 1.00 e. The number of carbonyl (C=O) groups excluding carboxylic acids is 1. The Bertz CT molecular complexity index is 197. The molecule has 0 amide bonds. The number of aryl methyl sites for hydroxylation is 1. The van der Waals surface area contributed by atoms with Crippen molar-refractivity contribution in [2.75, 3.05) is 0 Å². The first-order valence-corrected chi connectivity index (χ1v) is 2.34. The van der Waals surface area contributed by atoms with Gasteiger partial charge in [-0.25, -0.2) is 0 Å². The number of hydrogen-bond donors (Lipinski definition) is 0. The average Bonchev–Trinajstić information content (AvgIpc) is 2.14. The van der Waals surface area contributed by atoms with Crippen LogP contribution in [0.4, 0.5) is 0 Å². The predicted octanol–water partition coefficient (Wildman–Crippen LogP) is -4.59. The molecule has 0 unspecified atom stereocenters. The summed E-state index contributed by atoms with van der Waals surface area (Å²) in [7, 11) is 0. The molecule has 0 saturated heterocycles. The van der Waals surface area contributed by atoms with Crippen LogP contribution in [0.5, 0.6) is 0 Å². The van der Waals surface area contributed by atoms with Gasteiger partial charge in [-0.2, -0.15) is 0 Å². The van der Waals surface area contributed by atoms with E-state index in [1.165, 1.54) is 6.26 Å². The molecule has 0 aromatic carbocycles. The second-order valence-corrected chi connectivity index (χ2v) is 1.59. The monoisotopic (exact) mass is 196 g/mol. The van der Waals surface area contributed by atoms with Crippen molar-refractivity contribution in [3.63, 3.8) is 0 Å². The van der Waals surface area contributed by atoms with Gasteiger partial charge >= 0.3 is 18.9 Å². The van der Waals surface area contributed by atoms with Gasteiger partial charge in [0.25, 0.3) is 0 Å². The molecule has 10 heavy (non-hydrogen) atoms. The molecule has 0 saturated carbocycles. The fourth-order valence-corrected chi connectivity index (χ4v) is 0.505. The van der Waals surface area contributed by atoms with Crippen molar-refractivity contribution < 1.29 is 45.1 Å². The van der Waals surface area contributed by atoms with E-state index in [0.29, 0.717) is 12.0 Å². The average molecular weight is 197 g/mol. The molecular weight excluding hydrogens is 191 g/mol. The second-order valence-electron chi connectivity index (χ2n) is 1.59. The fraction of sp³-hybridized carbons (Fsp3) is 0.167. The normalized spacial score (nSPS) is 7.30. The van der Waals surface area contributed by atoms with E-state index >= 15 is 0 Å². The molecule has 0 N–H and O–H groups in total. The second kappa shape index (κ2) is 5.79. The molecule has 0 atom stereocenters. The summed E-state index contributed by atoms with van der Waals surface area (Å²) in [5.41, 5.74) is 0.889. The summed E-state index contributed by atoms with van der Waals surface area (Å²) in [6.07, 6.45) is 2.20. The summed E-state index contributed by atoms with van der Waals surface area (Å²) < 4.78 is 4.75. The van der Waals surface area contributed by atoms with Crippen molar-refractivity contribution in [2.45, 2.75) is 6.92 Å². The van der Waals surface area contributed by atoms with E-state index in [1.54, 1.807) is 6.07 Å². The Labute approximate surface area is 81.9 Å². The maximum absolute atomic E-state index is 9.99. The zero-order valence-electron chi connectivity index (χ0n) is 5.93. The largest absolute Gasteiger partial charge is 1.00 e. The Hall–Kier alpha value is 0.0274. The Kier molecular flexibility index (Phi) is 7.34. The van der Waals surface area contributed by atoms with Crippen molar-refractivity contribution in [3.05, 3.63) is 23.7 Å². The molecule has 0 aliphatic rings. The first-order chi connectivity index (χ1) is 3.84. The number of halogens is 1. The molecule has 0 radical (unpaired) electrons. The molecule has 0 spiro atoms. The molecule has 2 nitrogen and oxygen atoms in total. The van der Waals surface area contributed by atoms with E-state index in [-0.39, 0.29) is 35.8 Å². The van der Waals surface area contributed by atoms with E-state index in [9.17, 15) is 4.79 Å². The Morgan fingerprint density at radius 2 is 2.20 bits per heavy atom. The summed E-state index contributed by atoms with van der Waals surface area (Å²) in [5, 5.41) is 0. The maximum Gasteiger partial charge on any atom is 1.00 e. The van der Waals surface area contributed by atoms with Crippen molar-refractivity contribution in [3.8, 4) is 0 Å². The van der Waals surface area contributed by atoms with Crippen LogP contribution in [0.1, 0.15) is 16.1 Å². The molecule has 4 heteroatoms. The molecule has 0 bridgehead atoms. The van der Waals surface area contributed by atoms with Crippen molar-refractivity contribution in [1.29, 1.82) is 0 Å². The molecule has 1 aromatic rings. The van der Waals surface area contributed by atoms with Crippen LogP contribution < -0.4 is 35.8 Å². The minimum absolute atomic E-state index is 0. The predicted molar refractivity (Wildman–Crippen MR) is 28.8 cm³/mol. The van der Waals surface area contributed by atoms with Crippen LogP contribution in [0, 0.1) is 6.92 Å². The van der Waals surface area contributed by atoms with Crippen LogP contribution >= 0.6 is 0 Å². The van der Waals surface area contributed by atoms with Crippen molar-refractivity contribution >= 4 is 6.29 Å². The van der Waals surface area contributed by atoms with E-state index < -0.39 is 0 Å². The van der Waals surface area contributed by atoms with Crippen molar-refractivity contribution in [1.82, 2.24) is 0 Å². The third kappa shape index (κ3) is 2.74. The van der Waals surface area contributed by atoms with Gasteiger partial charge in [-0.05, 0) is 18.6 Å². The molecule has 1 aromatic heterocycles. The van der Waals surface area contributed by atoms with Gasteiger partial charge in [-0.1, -0.05) is 0 Å². The number of furan rings is 1. The van der Waals surface area contributed by atoms with Crippen LogP contribution in [-0.2, 0) is 0 Å². The van der Waals surface area contributed by atoms with Gasteiger partial charge in [-0.3, -0.25) is 4.79 Å². The SMILES string of the molecule is Cc1ccoc1C=O.[Br-].[Li+]. The third-order valence-corrected chi connectivity index (χ3v) is 1.01. The third-order valence-electron chi connectivity index (χ3n) is 1.01. The molecule has 0 fully saturated rings. The summed E-state index contributed by atoms with van der Waals surface area (Å²) in [4.78, 5) is 9.99. The molecule has 1 heterocycles. The fourth-order valence-electron chi connectivity index (χ4n) is 0.505. The number of carbonyl (C=O) groups is 1. The van der Waals surface area contributed by atoms with E-state index in [0.717, 1.165) is 5.56 Å². The molecule has 1 rings (SSSR count). The molecular formula is C6H6BrLiO2. The zero-order chi connectivity index (χ0) is 5.98. The number of aldehydes is 1. The standard InChI is InChI=1S/C6H6O2.BrH.Li/c1-5-2-3-8-6(5)4-7;;/h2-4H,1H3;1H;/q;;+1/p-1. The first kappa shape index (κ1) is 12.7. The van der Waals surface area contributed by atoms with Crippen molar-refractivity contribution in [2.24, 2.45) is 0 Å². The Morgan fingerprint density at radius 1 is 1.60 bits per heavy atom. The minimum atomic E-state index is 0. The van der Waals surface area contributed by atoms with E-state index in [4.69, 9.17) is 4.42 Å². The minimum Gasteiger partial charge on any atom is -1.00 e. The van der Waals surface area contributed by atoms with Gasteiger partial charge in [0.1, 0.15) is 0 Å². The van der Waals surface area contributed by atoms with Crippen LogP contribution in [0.2, 0.25) is 0 Å². The van der Waals surface area contributed by atoms with Crippen LogP contribution in [-0.4, -0.2) is 6.29 Å². The van der Waals surface area contributed by atoms with Crippen LogP contribution in [0.3, 0.4) is 0 Å². The van der Waals surface area contributed by atoms with Crippen LogP contribution in [0.15, 0.2) is 16.7 Å². The van der Waals surface area contributed by atoms with Crippen LogP contribution in [0.25, 0.3) is 0 Å².